The number of nitrogens with two attached hydrogens (primary N) is 1. The fraction of sp³-hybridized carbons (Fsp3) is 0.182. The Hall–Kier alpha value is -4.40. The number of hydrogen-bond acceptors (Lipinski definition) is 7. The van der Waals surface area contributed by atoms with Crippen LogP contribution in [0, 0.1) is 22.9 Å². The van der Waals surface area contributed by atoms with E-state index in [1.54, 1.807) is 0 Å². The largest absolute Gasteiger partial charge is 0.433 e. The number of carbonyl (C=O) groups excluding carboxylic acids is 2. The Labute approximate surface area is 208 Å². The highest BCUT2D eigenvalue weighted by molar-refractivity contribution is 7.21. The molecule has 0 spiro atoms. The van der Waals surface area contributed by atoms with Crippen molar-refractivity contribution in [1.82, 2.24) is 14.8 Å². The summed E-state index contributed by atoms with van der Waals surface area (Å²) in [5.41, 5.74) is 3.84. The summed E-state index contributed by atoms with van der Waals surface area (Å²) in [6.07, 6.45) is -3.79. The molecule has 0 saturated heterocycles. The minimum atomic E-state index is -4.84. The average Bonchev–Trinajstić information content (AvgIpc) is 3.39. The molecular formula is C22H16F4N6O4S. The summed E-state index contributed by atoms with van der Waals surface area (Å²) in [7, 11) is 0. The van der Waals surface area contributed by atoms with E-state index in [0.717, 1.165) is 29.1 Å². The molecule has 192 valence electrons. The van der Waals surface area contributed by atoms with Gasteiger partial charge in [-0.05, 0) is 43.2 Å². The Balaban J connectivity index is 1.89. The quantitative estimate of drug-likeness (QED) is 0.205. The molecule has 4 rings (SSSR count). The smallest absolute Gasteiger partial charge is 0.365 e. The number of primary amides is 1. The molecule has 0 saturated carbocycles. The minimum absolute atomic E-state index is 0.0124. The molecule has 1 atom stereocenters. The number of carbonyl (C=O) groups is 2. The SMILES string of the molecule is Cc1nn(C(C)C(=O)Nc2c(C(N)=O)sc3nc(C(F)(F)F)cc(-c4ccc(F)cc4)c23)cc1[N+](=O)[O-]. The number of nitro groups is 1. The molecule has 15 heteroatoms. The van der Waals surface area contributed by atoms with Gasteiger partial charge in [-0.2, -0.15) is 18.3 Å². The molecule has 0 radical (unpaired) electrons. The van der Waals surface area contributed by atoms with Crippen molar-refractivity contribution in [2.45, 2.75) is 26.1 Å². The van der Waals surface area contributed by atoms with Crippen LogP contribution in [0.25, 0.3) is 21.3 Å². The standard InChI is InChI=1S/C22H16F4N6O4S/c1-9-14(32(35)36)8-31(30-9)10(2)20(34)29-17-16-13(11-3-5-12(23)6-4-11)7-15(22(24,25)26)28-21(16)37-18(17)19(27)33/h3-8,10H,1-2H3,(H2,27,33)(H,29,34). The van der Waals surface area contributed by atoms with E-state index >= 15 is 0 Å². The number of benzene rings is 1. The van der Waals surface area contributed by atoms with Crippen molar-refractivity contribution in [3.8, 4) is 11.1 Å². The van der Waals surface area contributed by atoms with Crippen LogP contribution in [0.4, 0.5) is 28.9 Å². The maximum Gasteiger partial charge on any atom is 0.433 e. The third-order valence-electron chi connectivity index (χ3n) is 5.44. The van der Waals surface area contributed by atoms with Gasteiger partial charge < -0.3 is 11.1 Å². The van der Waals surface area contributed by atoms with E-state index in [0.29, 0.717) is 11.3 Å². The van der Waals surface area contributed by atoms with Crippen LogP contribution in [0.1, 0.15) is 34.0 Å². The number of nitrogens with one attached hydrogen (secondary N) is 1. The molecule has 2 amide bonds. The molecule has 4 aromatic rings. The van der Waals surface area contributed by atoms with Gasteiger partial charge in [-0.15, -0.1) is 11.3 Å². The number of hydrogen-bond donors (Lipinski definition) is 2. The maximum absolute atomic E-state index is 13.6. The lowest BCUT2D eigenvalue weighted by atomic mass is 10.0. The number of aryl methyl sites for hydroxylation is 1. The molecule has 0 aliphatic rings. The summed E-state index contributed by atoms with van der Waals surface area (Å²) < 4.78 is 55.4. The number of fused-ring (bicyclic) bond motifs is 1. The average molecular weight is 536 g/mol. The Kier molecular flexibility index (Phi) is 6.41. The number of aromatic nitrogens is 3. The lowest BCUT2D eigenvalue weighted by molar-refractivity contribution is -0.385. The number of halogens is 4. The van der Waals surface area contributed by atoms with Crippen LogP contribution in [-0.2, 0) is 11.0 Å². The highest BCUT2D eigenvalue weighted by atomic mass is 32.1. The molecule has 0 bridgehead atoms. The summed E-state index contributed by atoms with van der Waals surface area (Å²) >= 11 is 0.548. The number of anilines is 1. The van der Waals surface area contributed by atoms with Crippen LogP contribution in [0.15, 0.2) is 36.5 Å². The molecule has 10 nitrogen and oxygen atoms in total. The summed E-state index contributed by atoms with van der Waals surface area (Å²) in [5.74, 6) is -2.45. The van der Waals surface area contributed by atoms with Gasteiger partial charge >= 0.3 is 11.9 Å². The van der Waals surface area contributed by atoms with Gasteiger partial charge in [0.25, 0.3) is 5.91 Å². The Morgan fingerprint density at radius 1 is 1.24 bits per heavy atom. The molecule has 0 aliphatic carbocycles. The lowest BCUT2D eigenvalue weighted by Crippen LogP contribution is -2.25. The van der Waals surface area contributed by atoms with Gasteiger partial charge in [0.1, 0.15) is 39.2 Å². The van der Waals surface area contributed by atoms with Gasteiger partial charge in [0, 0.05) is 5.39 Å². The summed E-state index contributed by atoms with van der Waals surface area (Å²) in [6.45, 7) is 2.76. The molecule has 37 heavy (non-hydrogen) atoms. The van der Waals surface area contributed by atoms with Crippen molar-refractivity contribution in [2.75, 3.05) is 5.32 Å². The topological polar surface area (TPSA) is 146 Å². The van der Waals surface area contributed by atoms with Crippen LogP contribution in [0.3, 0.4) is 0 Å². The van der Waals surface area contributed by atoms with E-state index < -0.39 is 40.5 Å². The highest BCUT2D eigenvalue weighted by Crippen LogP contribution is 2.43. The zero-order valence-corrected chi connectivity index (χ0v) is 19.8. The van der Waals surface area contributed by atoms with E-state index in [1.165, 1.54) is 26.0 Å². The van der Waals surface area contributed by atoms with Crippen molar-refractivity contribution in [2.24, 2.45) is 5.73 Å². The second kappa shape index (κ2) is 9.24. The number of pyridine rings is 1. The second-order valence-electron chi connectivity index (χ2n) is 7.91. The maximum atomic E-state index is 13.6. The first kappa shape index (κ1) is 25.7. The van der Waals surface area contributed by atoms with E-state index in [-0.39, 0.29) is 43.3 Å². The van der Waals surface area contributed by atoms with Crippen LogP contribution in [0.2, 0.25) is 0 Å². The second-order valence-corrected chi connectivity index (χ2v) is 8.91. The van der Waals surface area contributed by atoms with Gasteiger partial charge in [0.15, 0.2) is 0 Å². The van der Waals surface area contributed by atoms with E-state index in [4.69, 9.17) is 5.73 Å². The Morgan fingerprint density at radius 2 is 1.89 bits per heavy atom. The number of thiophene rings is 1. The van der Waals surface area contributed by atoms with Gasteiger partial charge in [0.05, 0.1) is 10.6 Å². The molecular weight excluding hydrogens is 520 g/mol. The van der Waals surface area contributed by atoms with Gasteiger partial charge in [0.2, 0.25) is 5.91 Å². The summed E-state index contributed by atoms with van der Waals surface area (Å²) in [5, 5.41) is 17.6. The van der Waals surface area contributed by atoms with E-state index in [9.17, 15) is 37.3 Å². The third kappa shape index (κ3) is 4.84. The molecule has 1 unspecified atom stereocenters. The normalized spacial score (nSPS) is 12.5. The van der Waals surface area contributed by atoms with Crippen LogP contribution >= 0.6 is 11.3 Å². The molecule has 0 fully saturated rings. The Bertz CT molecular complexity index is 1560. The predicted molar refractivity (Wildman–Crippen MR) is 125 cm³/mol. The van der Waals surface area contributed by atoms with Crippen molar-refractivity contribution < 1.29 is 32.1 Å². The zero-order valence-electron chi connectivity index (χ0n) is 19.0. The highest BCUT2D eigenvalue weighted by Gasteiger charge is 2.35. The predicted octanol–water partition coefficient (Wildman–Crippen LogP) is 4.83. The summed E-state index contributed by atoms with van der Waals surface area (Å²) in [4.78, 5) is 38.9. The van der Waals surface area contributed by atoms with Crippen LogP contribution in [0.5, 0.6) is 0 Å². The third-order valence-corrected chi connectivity index (χ3v) is 6.54. The fourth-order valence-electron chi connectivity index (χ4n) is 3.59. The first-order valence-corrected chi connectivity index (χ1v) is 11.2. The van der Waals surface area contributed by atoms with Crippen molar-refractivity contribution in [1.29, 1.82) is 0 Å². The Morgan fingerprint density at radius 3 is 2.43 bits per heavy atom. The van der Waals surface area contributed by atoms with Crippen molar-refractivity contribution >= 4 is 44.7 Å². The van der Waals surface area contributed by atoms with Crippen LogP contribution < -0.4 is 11.1 Å². The monoisotopic (exact) mass is 536 g/mol. The zero-order chi connectivity index (χ0) is 27.2. The van der Waals surface area contributed by atoms with Gasteiger partial charge in [-0.3, -0.25) is 24.4 Å². The number of amides is 2. The molecule has 1 aromatic carbocycles. The summed E-state index contributed by atoms with van der Waals surface area (Å²) in [6, 6.07) is 4.18. The van der Waals surface area contributed by atoms with Gasteiger partial charge in [-0.25, -0.2) is 9.37 Å². The number of alkyl halides is 3. The van der Waals surface area contributed by atoms with E-state index in [1.807, 2.05) is 0 Å². The first-order chi connectivity index (χ1) is 17.3. The molecule has 3 aromatic heterocycles. The van der Waals surface area contributed by atoms with Crippen molar-refractivity contribution in [3.05, 3.63) is 68.7 Å². The molecule has 3 N–H and O–H groups in total. The number of rotatable bonds is 6. The minimum Gasteiger partial charge on any atom is -0.365 e. The fourth-order valence-corrected chi connectivity index (χ4v) is 4.60. The lowest BCUT2D eigenvalue weighted by Gasteiger charge is -2.15. The first-order valence-electron chi connectivity index (χ1n) is 10.4. The number of nitrogens with zero attached hydrogens (tertiary/aromatic N) is 4. The molecule has 3 heterocycles. The van der Waals surface area contributed by atoms with Gasteiger partial charge in [-0.1, -0.05) is 12.1 Å². The molecule has 0 aliphatic heterocycles. The van der Waals surface area contributed by atoms with Crippen LogP contribution in [-0.4, -0.2) is 31.5 Å². The van der Waals surface area contributed by atoms with E-state index in [2.05, 4.69) is 15.4 Å². The van der Waals surface area contributed by atoms with Crippen molar-refractivity contribution in [3.63, 3.8) is 0 Å².